The first-order valence-corrected chi connectivity index (χ1v) is 6.83. The van der Waals surface area contributed by atoms with Crippen LogP contribution in [0.4, 0.5) is 0 Å². The molecule has 1 heterocycles. The standard InChI is InChI=1S/C14H22N2O3/c1-4-10-7-5-6-8-14(10,17)12-13(19-3)16-11(18-2)9-15-12/h9-10,17H,4-8H2,1-3H3. The number of aromatic nitrogens is 2. The van der Waals surface area contributed by atoms with E-state index in [1.54, 1.807) is 7.11 Å². The van der Waals surface area contributed by atoms with Crippen molar-refractivity contribution in [1.82, 2.24) is 9.97 Å². The molecule has 1 N–H and O–H groups in total. The van der Waals surface area contributed by atoms with Crippen molar-refractivity contribution >= 4 is 0 Å². The van der Waals surface area contributed by atoms with Crippen molar-refractivity contribution in [2.45, 2.75) is 44.6 Å². The Labute approximate surface area is 114 Å². The summed E-state index contributed by atoms with van der Waals surface area (Å²) in [6.07, 6.45) is 6.35. The minimum absolute atomic E-state index is 0.206. The van der Waals surface area contributed by atoms with Crippen LogP contribution in [0.25, 0.3) is 0 Å². The Morgan fingerprint density at radius 3 is 2.79 bits per heavy atom. The third kappa shape index (κ3) is 2.52. The van der Waals surface area contributed by atoms with Gasteiger partial charge in [-0.15, -0.1) is 0 Å². The van der Waals surface area contributed by atoms with Crippen molar-refractivity contribution in [2.24, 2.45) is 5.92 Å². The van der Waals surface area contributed by atoms with Crippen LogP contribution in [-0.2, 0) is 5.60 Å². The molecule has 19 heavy (non-hydrogen) atoms. The zero-order chi connectivity index (χ0) is 13.9. The second-order valence-electron chi connectivity index (χ2n) is 5.05. The van der Waals surface area contributed by atoms with E-state index in [0.29, 0.717) is 23.9 Å². The van der Waals surface area contributed by atoms with E-state index < -0.39 is 5.60 Å². The van der Waals surface area contributed by atoms with E-state index >= 15 is 0 Å². The van der Waals surface area contributed by atoms with Crippen LogP contribution >= 0.6 is 0 Å². The van der Waals surface area contributed by atoms with E-state index in [0.717, 1.165) is 25.7 Å². The summed E-state index contributed by atoms with van der Waals surface area (Å²) in [5, 5.41) is 11.1. The number of nitrogens with zero attached hydrogens (tertiary/aromatic N) is 2. The molecule has 0 radical (unpaired) electrons. The second-order valence-corrected chi connectivity index (χ2v) is 5.05. The van der Waals surface area contributed by atoms with Crippen LogP contribution in [-0.4, -0.2) is 29.3 Å². The quantitative estimate of drug-likeness (QED) is 0.905. The first-order valence-electron chi connectivity index (χ1n) is 6.83. The fourth-order valence-electron chi connectivity index (χ4n) is 2.98. The zero-order valence-corrected chi connectivity index (χ0v) is 11.8. The Morgan fingerprint density at radius 2 is 2.16 bits per heavy atom. The molecule has 1 aliphatic carbocycles. The van der Waals surface area contributed by atoms with Crippen LogP contribution in [0.3, 0.4) is 0 Å². The van der Waals surface area contributed by atoms with Crippen LogP contribution in [0.15, 0.2) is 6.20 Å². The van der Waals surface area contributed by atoms with Crippen molar-refractivity contribution < 1.29 is 14.6 Å². The van der Waals surface area contributed by atoms with Crippen molar-refractivity contribution in [3.8, 4) is 11.8 Å². The number of hydrogen-bond donors (Lipinski definition) is 1. The van der Waals surface area contributed by atoms with Crippen LogP contribution in [0.1, 0.15) is 44.7 Å². The summed E-state index contributed by atoms with van der Waals surface area (Å²) in [6, 6.07) is 0. The van der Waals surface area contributed by atoms with Crippen LogP contribution in [0.5, 0.6) is 11.8 Å². The molecule has 2 rings (SSSR count). The summed E-state index contributed by atoms with van der Waals surface area (Å²) in [5.74, 6) is 0.966. The normalized spacial score (nSPS) is 27.1. The lowest BCUT2D eigenvalue weighted by molar-refractivity contribution is -0.0613. The molecular weight excluding hydrogens is 244 g/mol. The maximum Gasteiger partial charge on any atom is 0.241 e. The first kappa shape index (κ1) is 14.1. The Hall–Kier alpha value is -1.36. The molecule has 5 nitrogen and oxygen atoms in total. The van der Waals surface area contributed by atoms with Crippen LogP contribution in [0, 0.1) is 5.92 Å². The highest BCUT2D eigenvalue weighted by molar-refractivity contribution is 5.29. The number of ether oxygens (including phenoxy) is 2. The van der Waals surface area contributed by atoms with Gasteiger partial charge in [-0.05, 0) is 18.8 Å². The van der Waals surface area contributed by atoms with Gasteiger partial charge in [-0.2, -0.15) is 4.98 Å². The average molecular weight is 266 g/mol. The predicted molar refractivity (Wildman–Crippen MR) is 71.3 cm³/mol. The van der Waals surface area contributed by atoms with Gasteiger partial charge in [0.25, 0.3) is 0 Å². The van der Waals surface area contributed by atoms with E-state index in [1.165, 1.54) is 13.3 Å². The van der Waals surface area contributed by atoms with E-state index in [1.807, 2.05) is 0 Å². The fourth-order valence-corrected chi connectivity index (χ4v) is 2.98. The lowest BCUT2D eigenvalue weighted by atomic mass is 9.72. The summed E-state index contributed by atoms with van der Waals surface area (Å²) in [5.41, 5.74) is -0.389. The largest absolute Gasteiger partial charge is 0.480 e. The number of methoxy groups -OCH3 is 2. The zero-order valence-electron chi connectivity index (χ0n) is 11.8. The minimum atomic E-state index is -0.933. The summed E-state index contributed by atoms with van der Waals surface area (Å²) >= 11 is 0. The lowest BCUT2D eigenvalue weighted by Crippen LogP contribution is -2.39. The highest BCUT2D eigenvalue weighted by Crippen LogP contribution is 2.45. The molecule has 1 aromatic heterocycles. The minimum Gasteiger partial charge on any atom is -0.480 e. The predicted octanol–water partition coefficient (Wildman–Crippen LogP) is 2.28. The molecule has 0 aliphatic heterocycles. The van der Waals surface area contributed by atoms with Gasteiger partial charge in [0.2, 0.25) is 11.8 Å². The number of rotatable bonds is 4. The molecule has 1 fully saturated rings. The molecule has 0 aromatic carbocycles. The molecule has 0 amide bonds. The van der Waals surface area contributed by atoms with Crippen LogP contribution in [0.2, 0.25) is 0 Å². The monoisotopic (exact) mass is 266 g/mol. The Morgan fingerprint density at radius 1 is 1.37 bits per heavy atom. The Kier molecular flexibility index (Phi) is 4.24. The summed E-state index contributed by atoms with van der Waals surface area (Å²) in [6.45, 7) is 2.10. The molecule has 0 spiro atoms. The molecule has 2 unspecified atom stereocenters. The first-order chi connectivity index (χ1) is 9.15. The van der Waals surface area contributed by atoms with E-state index in [9.17, 15) is 5.11 Å². The SMILES string of the molecule is CCC1CCCCC1(O)c1ncc(OC)nc1OC. The van der Waals surface area contributed by atoms with Gasteiger partial charge in [0.1, 0.15) is 11.3 Å². The Bertz CT molecular complexity index is 439. The topological polar surface area (TPSA) is 64.5 Å². The van der Waals surface area contributed by atoms with Crippen molar-refractivity contribution in [1.29, 1.82) is 0 Å². The highest BCUT2D eigenvalue weighted by atomic mass is 16.5. The molecular formula is C14H22N2O3. The highest BCUT2D eigenvalue weighted by Gasteiger charge is 2.43. The third-order valence-corrected chi connectivity index (χ3v) is 4.06. The summed E-state index contributed by atoms with van der Waals surface area (Å²) in [7, 11) is 3.08. The molecule has 2 atom stereocenters. The molecule has 0 bridgehead atoms. The molecule has 0 saturated heterocycles. The number of hydrogen-bond acceptors (Lipinski definition) is 5. The van der Waals surface area contributed by atoms with Gasteiger partial charge in [0.15, 0.2) is 0 Å². The van der Waals surface area contributed by atoms with E-state index in [2.05, 4.69) is 16.9 Å². The number of aliphatic hydroxyl groups is 1. The van der Waals surface area contributed by atoms with Gasteiger partial charge in [-0.3, -0.25) is 0 Å². The Balaban J connectivity index is 2.43. The smallest absolute Gasteiger partial charge is 0.241 e. The molecule has 1 aromatic rings. The van der Waals surface area contributed by atoms with Crippen molar-refractivity contribution in [3.05, 3.63) is 11.9 Å². The maximum atomic E-state index is 11.1. The molecule has 106 valence electrons. The van der Waals surface area contributed by atoms with Crippen molar-refractivity contribution in [3.63, 3.8) is 0 Å². The van der Waals surface area contributed by atoms with E-state index in [-0.39, 0.29) is 5.92 Å². The summed E-state index contributed by atoms with van der Waals surface area (Å²) in [4.78, 5) is 8.58. The van der Waals surface area contributed by atoms with Gasteiger partial charge in [-0.1, -0.05) is 26.2 Å². The average Bonchev–Trinajstić information content (AvgIpc) is 2.46. The fraction of sp³-hybridized carbons (Fsp3) is 0.714. The van der Waals surface area contributed by atoms with Gasteiger partial charge in [0.05, 0.1) is 20.4 Å². The van der Waals surface area contributed by atoms with Gasteiger partial charge < -0.3 is 14.6 Å². The molecule has 1 saturated carbocycles. The summed E-state index contributed by atoms with van der Waals surface area (Å²) < 4.78 is 10.3. The van der Waals surface area contributed by atoms with Gasteiger partial charge in [0, 0.05) is 0 Å². The molecule has 1 aliphatic rings. The van der Waals surface area contributed by atoms with Gasteiger partial charge >= 0.3 is 0 Å². The second kappa shape index (κ2) is 5.74. The van der Waals surface area contributed by atoms with Crippen LogP contribution < -0.4 is 9.47 Å². The van der Waals surface area contributed by atoms with E-state index in [4.69, 9.17) is 9.47 Å². The third-order valence-electron chi connectivity index (χ3n) is 4.06. The maximum absolute atomic E-state index is 11.1. The lowest BCUT2D eigenvalue weighted by Gasteiger charge is -2.39. The van der Waals surface area contributed by atoms with Gasteiger partial charge in [-0.25, -0.2) is 4.98 Å². The molecule has 5 heteroatoms. The van der Waals surface area contributed by atoms with Crippen molar-refractivity contribution in [2.75, 3.05) is 14.2 Å².